The molecule has 0 unspecified atom stereocenters. The number of hydrogen-bond donors (Lipinski definition) is 1. The standard InChI is InChI=1S/C14H13NO3/c1-3-11(12(16)4-2)15-13(17)9-7-5-6-8-10(9)14(15)18/h3-8,11-12,16H,1-2H2/t11-,12-/m0/s1. The normalized spacial score (nSPS) is 17.3. The molecule has 0 fully saturated rings. The minimum atomic E-state index is -1.02. The summed E-state index contributed by atoms with van der Waals surface area (Å²) in [6, 6.07) is 5.78. The Bertz CT molecular complexity index is 501. The summed E-state index contributed by atoms with van der Waals surface area (Å²) in [5.74, 6) is -0.831. The van der Waals surface area contributed by atoms with Crippen molar-refractivity contribution in [2.75, 3.05) is 0 Å². The van der Waals surface area contributed by atoms with Gasteiger partial charge in [-0.3, -0.25) is 14.5 Å². The van der Waals surface area contributed by atoms with Gasteiger partial charge in [0, 0.05) is 0 Å². The van der Waals surface area contributed by atoms with E-state index in [1.54, 1.807) is 24.3 Å². The molecule has 1 N–H and O–H groups in total. The number of aliphatic hydroxyl groups is 1. The van der Waals surface area contributed by atoms with Gasteiger partial charge in [-0.05, 0) is 12.1 Å². The van der Waals surface area contributed by atoms with Crippen LogP contribution in [-0.2, 0) is 0 Å². The zero-order valence-corrected chi connectivity index (χ0v) is 9.74. The minimum Gasteiger partial charge on any atom is -0.387 e. The largest absolute Gasteiger partial charge is 0.387 e. The fourth-order valence-corrected chi connectivity index (χ4v) is 2.02. The monoisotopic (exact) mass is 243 g/mol. The van der Waals surface area contributed by atoms with Gasteiger partial charge in [-0.1, -0.05) is 24.3 Å². The fraction of sp³-hybridized carbons (Fsp3) is 0.143. The quantitative estimate of drug-likeness (QED) is 0.642. The molecule has 2 rings (SSSR count). The molecule has 1 heterocycles. The maximum atomic E-state index is 12.1. The van der Waals surface area contributed by atoms with Gasteiger partial charge in [0.15, 0.2) is 0 Å². The molecule has 1 aliphatic rings. The second-order valence-electron chi connectivity index (χ2n) is 3.98. The van der Waals surface area contributed by atoms with Crippen molar-refractivity contribution in [3.63, 3.8) is 0 Å². The predicted molar refractivity (Wildman–Crippen MR) is 67.1 cm³/mol. The Labute approximate surface area is 105 Å². The first-order chi connectivity index (χ1) is 8.61. The van der Waals surface area contributed by atoms with Crippen molar-refractivity contribution >= 4 is 11.8 Å². The number of amides is 2. The van der Waals surface area contributed by atoms with E-state index in [4.69, 9.17) is 0 Å². The first-order valence-electron chi connectivity index (χ1n) is 5.52. The van der Waals surface area contributed by atoms with Crippen LogP contribution in [0.3, 0.4) is 0 Å². The number of hydrogen-bond acceptors (Lipinski definition) is 3. The number of imide groups is 1. The third kappa shape index (κ3) is 1.67. The zero-order valence-electron chi connectivity index (χ0n) is 9.74. The number of fused-ring (bicyclic) bond motifs is 1. The highest BCUT2D eigenvalue weighted by Gasteiger charge is 2.40. The second-order valence-corrected chi connectivity index (χ2v) is 3.98. The molecule has 0 saturated carbocycles. The molecule has 1 aliphatic heterocycles. The summed E-state index contributed by atoms with van der Waals surface area (Å²) in [5.41, 5.74) is 0.705. The third-order valence-electron chi connectivity index (χ3n) is 2.96. The molecule has 0 spiro atoms. The lowest BCUT2D eigenvalue weighted by molar-refractivity contribution is 0.0502. The van der Waals surface area contributed by atoms with E-state index in [9.17, 15) is 14.7 Å². The summed E-state index contributed by atoms with van der Waals surface area (Å²) < 4.78 is 0. The summed E-state index contributed by atoms with van der Waals surface area (Å²) in [5, 5.41) is 9.76. The van der Waals surface area contributed by atoms with Crippen LogP contribution in [0.4, 0.5) is 0 Å². The average Bonchev–Trinajstić information content (AvgIpc) is 2.65. The molecule has 4 heteroatoms. The van der Waals surface area contributed by atoms with E-state index in [1.165, 1.54) is 12.2 Å². The highest BCUT2D eigenvalue weighted by Crippen LogP contribution is 2.26. The highest BCUT2D eigenvalue weighted by molar-refractivity contribution is 6.21. The van der Waals surface area contributed by atoms with Crippen molar-refractivity contribution in [2.45, 2.75) is 12.1 Å². The fourth-order valence-electron chi connectivity index (χ4n) is 2.02. The first kappa shape index (κ1) is 12.3. The molecule has 4 nitrogen and oxygen atoms in total. The Morgan fingerprint density at radius 2 is 1.56 bits per heavy atom. The van der Waals surface area contributed by atoms with Crippen LogP contribution in [0.5, 0.6) is 0 Å². The van der Waals surface area contributed by atoms with Crippen LogP contribution in [-0.4, -0.2) is 34.0 Å². The molecule has 1 aromatic carbocycles. The van der Waals surface area contributed by atoms with Crippen LogP contribution < -0.4 is 0 Å². The van der Waals surface area contributed by atoms with Crippen molar-refractivity contribution in [2.24, 2.45) is 0 Å². The Balaban J connectivity index is 2.44. The molecule has 0 aromatic heterocycles. The number of nitrogens with zero attached hydrogens (tertiary/aromatic N) is 1. The van der Waals surface area contributed by atoms with Crippen molar-refractivity contribution in [3.05, 3.63) is 60.7 Å². The van der Waals surface area contributed by atoms with Gasteiger partial charge in [0.25, 0.3) is 11.8 Å². The van der Waals surface area contributed by atoms with Crippen molar-refractivity contribution < 1.29 is 14.7 Å². The molecular formula is C14H13NO3. The Morgan fingerprint density at radius 3 is 1.94 bits per heavy atom. The number of carbonyl (C=O) groups is 2. The maximum Gasteiger partial charge on any atom is 0.262 e. The van der Waals surface area contributed by atoms with E-state index < -0.39 is 24.0 Å². The molecular weight excluding hydrogens is 230 g/mol. The van der Waals surface area contributed by atoms with Crippen LogP contribution >= 0.6 is 0 Å². The van der Waals surface area contributed by atoms with Gasteiger partial charge in [-0.2, -0.15) is 0 Å². The molecule has 0 saturated heterocycles. The molecule has 2 amide bonds. The molecule has 1 aromatic rings. The van der Waals surface area contributed by atoms with Crippen LogP contribution in [0.25, 0.3) is 0 Å². The molecule has 18 heavy (non-hydrogen) atoms. The second kappa shape index (κ2) is 4.58. The van der Waals surface area contributed by atoms with Gasteiger partial charge in [0.05, 0.1) is 23.3 Å². The van der Waals surface area contributed by atoms with E-state index in [0.29, 0.717) is 11.1 Å². The van der Waals surface area contributed by atoms with Crippen molar-refractivity contribution in [1.29, 1.82) is 0 Å². The molecule has 0 radical (unpaired) electrons. The molecule has 0 bridgehead atoms. The summed E-state index contributed by atoms with van der Waals surface area (Å²) in [6.45, 7) is 7.01. The van der Waals surface area contributed by atoms with Gasteiger partial charge in [0.2, 0.25) is 0 Å². The van der Waals surface area contributed by atoms with Gasteiger partial charge < -0.3 is 5.11 Å². The lowest BCUT2D eigenvalue weighted by Gasteiger charge is -2.25. The molecule has 2 atom stereocenters. The van der Waals surface area contributed by atoms with Crippen molar-refractivity contribution in [1.82, 2.24) is 4.90 Å². The van der Waals surface area contributed by atoms with Crippen LogP contribution in [0.15, 0.2) is 49.6 Å². The highest BCUT2D eigenvalue weighted by atomic mass is 16.3. The van der Waals surface area contributed by atoms with E-state index in [1.807, 2.05) is 0 Å². The molecule has 92 valence electrons. The average molecular weight is 243 g/mol. The van der Waals surface area contributed by atoms with Crippen molar-refractivity contribution in [3.8, 4) is 0 Å². The number of benzene rings is 1. The van der Waals surface area contributed by atoms with Gasteiger partial charge in [-0.15, -0.1) is 13.2 Å². The lowest BCUT2D eigenvalue weighted by Crippen LogP contribution is -2.44. The lowest BCUT2D eigenvalue weighted by atomic mass is 10.1. The van der Waals surface area contributed by atoms with Gasteiger partial charge >= 0.3 is 0 Å². The Morgan fingerprint density at radius 1 is 1.06 bits per heavy atom. The van der Waals surface area contributed by atoms with Gasteiger partial charge in [0.1, 0.15) is 0 Å². The summed E-state index contributed by atoms with van der Waals surface area (Å²) in [6.07, 6.45) is 1.62. The van der Waals surface area contributed by atoms with E-state index >= 15 is 0 Å². The topological polar surface area (TPSA) is 57.6 Å². The number of aliphatic hydroxyl groups excluding tert-OH is 1. The van der Waals surface area contributed by atoms with E-state index in [-0.39, 0.29) is 0 Å². The van der Waals surface area contributed by atoms with Crippen LogP contribution in [0, 0.1) is 0 Å². The maximum absolute atomic E-state index is 12.1. The molecule has 0 aliphatic carbocycles. The minimum absolute atomic E-state index is 0.352. The number of carbonyl (C=O) groups excluding carboxylic acids is 2. The zero-order chi connectivity index (χ0) is 13.3. The summed E-state index contributed by atoms with van der Waals surface area (Å²) >= 11 is 0. The first-order valence-corrected chi connectivity index (χ1v) is 5.52. The predicted octanol–water partition coefficient (Wildman–Crippen LogP) is 1.38. The Kier molecular flexibility index (Phi) is 3.12. The Hall–Kier alpha value is -2.20. The van der Waals surface area contributed by atoms with E-state index in [2.05, 4.69) is 13.2 Å². The summed E-state index contributed by atoms with van der Waals surface area (Å²) in [7, 11) is 0. The van der Waals surface area contributed by atoms with Gasteiger partial charge in [-0.25, -0.2) is 0 Å². The third-order valence-corrected chi connectivity index (χ3v) is 2.96. The van der Waals surface area contributed by atoms with E-state index in [0.717, 1.165) is 4.90 Å². The SMILES string of the molecule is C=C[C@H](O)[C@H](C=C)N1C(=O)c2ccccc2C1=O. The van der Waals surface area contributed by atoms with Crippen LogP contribution in [0.1, 0.15) is 20.7 Å². The number of rotatable bonds is 4. The smallest absolute Gasteiger partial charge is 0.262 e. The summed E-state index contributed by atoms with van der Waals surface area (Å²) in [4.78, 5) is 25.3. The van der Waals surface area contributed by atoms with Crippen LogP contribution in [0.2, 0.25) is 0 Å².